The van der Waals surface area contributed by atoms with Gasteiger partial charge >= 0.3 is 5.97 Å². The summed E-state index contributed by atoms with van der Waals surface area (Å²) < 4.78 is 0. The van der Waals surface area contributed by atoms with Crippen molar-refractivity contribution in [1.82, 2.24) is 4.90 Å². The van der Waals surface area contributed by atoms with Crippen LogP contribution in [-0.2, 0) is 9.59 Å². The molecule has 0 radical (unpaired) electrons. The molecule has 74 valence electrons. The van der Waals surface area contributed by atoms with Gasteiger partial charge in [-0.25, -0.2) is 4.79 Å². The molecule has 5 nitrogen and oxygen atoms in total. The first-order valence-corrected chi connectivity index (χ1v) is 4.17. The smallest absolute Gasteiger partial charge is 0.337 e. The van der Waals surface area contributed by atoms with Crippen molar-refractivity contribution < 1.29 is 19.8 Å². The topological polar surface area (TPSA) is 77.8 Å². The molecule has 0 saturated carbocycles. The van der Waals surface area contributed by atoms with Gasteiger partial charge in [0.15, 0.2) is 5.60 Å². The molecule has 0 aromatic carbocycles. The van der Waals surface area contributed by atoms with Crippen LogP contribution in [0, 0.1) is 0 Å². The van der Waals surface area contributed by atoms with Crippen LogP contribution in [0.5, 0.6) is 0 Å². The van der Waals surface area contributed by atoms with Crippen molar-refractivity contribution >= 4 is 11.9 Å². The van der Waals surface area contributed by atoms with Crippen molar-refractivity contribution in [3.05, 3.63) is 0 Å². The second-order valence-electron chi connectivity index (χ2n) is 3.38. The van der Waals surface area contributed by atoms with Crippen LogP contribution in [0.3, 0.4) is 0 Å². The highest BCUT2D eigenvalue weighted by molar-refractivity contribution is 5.80. The second kappa shape index (κ2) is 3.33. The lowest BCUT2D eigenvalue weighted by Crippen LogP contribution is -2.54. The summed E-state index contributed by atoms with van der Waals surface area (Å²) in [4.78, 5) is 22.9. The summed E-state index contributed by atoms with van der Waals surface area (Å²) in [6.07, 6.45) is 0.745. The van der Waals surface area contributed by atoms with E-state index in [1.807, 2.05) is 0 Å². The van der Waals surface area contributed by atoms with Crippen molar-refractivity contribution in [2.75, 3.05) is 13.1 Å². The number of aliphatic carboxylic acids is 1. The van der Waals surface area contributed by atoms with Crippen LogP contribution >= 0.6 is 0 Å². The Labute approximate surface area is 76.0 Å². The number of amides is 1. The van der Waals surface area contributed by atoms with Gasteiger partial charge in [0.05, 0.1) is 6.54 Å². The number of carbonyl (C=O) groups is 2. The number of likely N-dealkylation sites (tertiary alicyclic amines) is 1. The molecule has 0 bridgehead atoms. The third kappa shape index (κ3) is 1.98. The quantitative estimate of drug-likeness (QED) is 0.577. The molecule has 1 fully saturated rings. The number of carbonyl (C=O) groups excluding carboxylic acids is 1. The minimum Gasteiger partial charge on any atom is -0.479 e. The largest absolute Gasteiger partial charge is 0.479 e. The van der Waals surface area contributed by atoms with Gasteiger partial charge in [-0.3, -0.25) is 4.79 Å². The molecular weight excluding hydrogens is 174 g/mol. The van der Waals surface area contributed by atoms with Crippen molar-refractivity contribution in [3.8, 4) is 0 Å². The molecule has 5 heteroatoms. The molecule has 0 aromatic heterocycles. The van der Waals surface area contributed by atoms with Crippen LogP contribution in [0.2, 0.25) is 0 Å². The summed E-state index contributed by atoms with van der Waals surface area (Å²) in [7, 11) is 0. The zero-order valence-electron chi connectivity index (χ0n) is 7.49. The Balaban J connectivity index is 2.71. The highest BCUT2D eigenvalue weighted by atomic mass is 16.4. The molecular formula is C8H13NO4. The van der Waals surface area contributed by atoms with Gasteiger partial charge in [-0.05, 0) is 12.8 Å². The number of β-amino-alcohol motifs (C(OH)–C–C–N with tert-alkyl or cyclic N) is 1. The Morgan fingerprint density at radius 1 is 1.46 bits per heavy atom. The van der Waals surface area contributed by atoms with Gasteiger partial charge in [-0.1, -0.05) is 0 Å². The Morgan fingerprint density at radius 3 is 2.54 bits per heavy atom. The van der Waals surface area contributed by atoms with Crippen LogP contribution in [0.4, 0.5) is 0 Å². The Bertz CT molecular complexity index is 240. The lowest BCUT2D eigenvalue weighted by Gasteiger charge is -2.35. The first-order chi connectivity index (χ1) is 5.96. The van der Waals surface area contributed by atoms with E-state index in [0.29, 0.717) is 13.0 Å². The van der Waals surface area contributed by atoms with Crippen LogP contribution in [0.15, 0.2) is 0 Å². The van der Waals surface area contributed by atoms with E-state index in [0.717, 1.165) is 0 Å². The zero-order chi connectivity index (χ0) is 10.1. The molecule has 1 atom stereocenters. The van der Waals surface area contributed by atoms with Crippen molar-refractivity contribution in [2.45, 2.75) is 25.4 Å². The summed E-state index contributed by atoms with van der Waals surface area (Å²) >= 11 is 0. The van der Waals surface area contributed by atoms with Gasteiger partial charge in [-0.2, -0.15) is 0 Å². The molecule has 1 aliphatic rings. The Kier molecular flexibility index (Phi) is 2.56. The van der Waals surface area contributed by atoms with Gasteiger partial charge in [-0.15, -0.1) is 0 Å². The van der Waals surface area contributed by atoms with E-state index < -0.39 is 11.6 Å². The number of carboxylic acid groups (broad SMARTS) is 1. The monoisotopic (exact) mass is 187 g/mol. The van der Waals surface area contributed by atoms with Gasteiger partial charge in [0.1, 0.15) is 0 Å². The van der Waals surface area contributed by atoms with Crippen molar-refractivity contribution in [1.29, 1.82) is 0 Å². The molecule has 2 N–H and O–H groups in total. The number of carboxylic acids is 1. The average molecular weight is 187 g/mol. The third-order valence-electron chi connectivity index (χ3n) is 2.31. The second-order valence-corrected chi connectivity index (χ2v) is 3.38. The van der Waals surface area contributed by atoms with E-state index in [9.17, 15) is 14.7 Å². The Hall–Kier alpha value is -1.10. The molecule has 0 aliphatic carbocycles. The number of nitrogens with zero attached hydrogens (tertiary/aromatic N) is 1. The van der Waals surface area contributed by atoms with Gasteiger partial charge in [0.2, 0.25) is 5.91 Å². The van der Waals surface area contributed by atoms with E-state index in [2.05, 4.69) is 0 Å². The fourth-order valence-corrected chi connectivity index (χ4v) is 1.48. The summed E-state index contributed by atoms with van der Waals surface area (Å²) in [5, 5.41) is 18.3. The maximum Gasteiger partial charge on any atom is 0.337 e. The standard InChI is InChI=1S/C8H13NO4/c1-6(10)9-4-2-3-8(13,5-9)7(11)12/h13H,2-5H2,1H3,(H,11,12)/t8-/m0/s1. The number of hydrogen-bond acceptors (Lipinski definition) is 3. The molecule has 1 heterocycles. The highest BCUT2D eigenvalue weighted by Crippen LogP contribution is 2.21. The van der Waals surface area contributed by atoms with Crippen LogP contribution in [0.1, 0.15) is 19.8 Å². The van der Waals surface area contributed by atoms with E-state index in [4.69, 9.17) is 5.11 Å². The molecule has 13 heavy (non-hydrogen) atoms. The lowest BCUT2D eigenvalue weighted by molar-refractivity contribution is -0.166. The zero-order valence-corrected chi connectivity index (χ0v) is 7.49. The van der Waals surface area contributed by atoms with Crippen LogP contribution in [0.25, 0.3) is 0 Å². The predicted molar refractivity (Wildman–Crippen MR) is 44.1 cm³/mol. The molecule has 0 aromatic rings. The maximum atomic E-state index is 10.9. The SMILES string of the molecule is CC(=O)N1CCC[C@@](O)(C(=O)O)C1. The molecule has 1 rings (SSSR count). The van der Waals surface area contributed by atoms with Crippen LogP contribution in [-0.4, -0.2) is 45.7 Å². The van der Waals surface area contributed by atoms with Gasteiger partial charge in [0.25, 0.3) is 0 Å². The molecule has 0 unspecified atom stereocenters. The molecule has 1 saturated heterocycles. The summed E-state index contributed by atoms with van der Waals surface area (Å²) in [5.74, 6) is -1.45. The molecule has 1 amide bonds. The number of piperidine rings is 1. The fraction of sp³-hybridized carbons (Fsp3) is 0.750. The van der Waals surface area contributed by atoms with E-state index in [1.54, 1.807) is 0 Å². The minimum atomic E-state index is -1.75. The summed E-state index contributed by atoms with van der Waals surface area (Å²) in [6.45, 7) is 1.80. The van der Waals surface area contributed by atoms with Gasteiger partial charge in [0, 0.05) is 13.5 Å². The first-order valence-electron chi connectivity index (χ1n) is 4.17. The highest BCUT2D eigenvalue weighted by Gasteiger charge is 2.40. The lowest BCUT2D eigenvalue weighted by atomic mass is 9.93. The normalized spacial score (nSPS) is 28.6. The van der Waals surface area contributed by atoms with E-state index in [-0.39, 0.29) is 18.9 Å². The summed E-state index contributed by atoms with van der Waals surface area (Å²) in [6, 6.07) is 0. The number of rotatable bonds is 1. The van der Waals surface area contributed by atoms with Crippen LogP contribution < -0.4 is 0 Å². The third-order valence-corrected chi connectivity index (χ3v) is 2.31. The van der Waals surface area contributed by atoms with Crippen molar-refractivity contribution in [3.63, 3.8) is 0 Å². The van der Waals surface area contributed by atoms with E-state index >= 15 is 0 Å². The predicted octanol–water partition coefficient (Wildman–Crippen LogP) is -0.556. The molecule has 0 spiro atoms. The Morgan fingerprint density at radius 2 is 2.08 bits per heavy atom. The maximum absolute atomic E-state index is 10.9. The number of aliphatic hydroxyl groups is 1. The first kappa shape index (κ1) is 9.98. The summed E-state index contributed by atoms with van der Waals surface area (Å²) in [5.41, 5.74) is -1.75. The number of hydrogen-bond donors (Lipinski definition) is 2. The fourth-order valence-electron chi connectivity index (χ4n) is 1.48. The van der Waals surface area contributed by atoms with Crippen molar-refractivity contribution in [2.24, 2.45) is 0 Å². The van der Waals surface area contributed by atoms with Gasteiger partial charge < -0.3 is 15.1 Å². The molecule has 1 aliphatic heterocycles. The van der Waals surface area contributed by atoms with E-state index in [1.165, 1.54) is 11.8 Å². The minimum absolute atomic E-state index is 0.0995. The average Bonchev–Trinajstić information content (AvgIpc) is 2.04.